The first-order valence-electron chi connectivity index (χ1n) is 7.86. The van der Waals surface area contributed by atoms with E-state index in [1.807, 2.05) is 13.1 Å². The molecule has 0 aliphatic heterocycles. The largest absolute Gasteiger partial charge is 0.496 e. The highest BCUT2D eigenvalue weighted by molar-refractivity contribution is 6.30. The lowest BCUT2D eigenvalue weighted by Crippen LogP contribution is -3.08. The molecule has 0 aliphatic rings. The lowest BCUT2D eigenvalue weighted by Gasteiger charge is -2.16. The zero-order chi connectivity index (χ0) is 19.1. The zero-order valence-electron chi connectivity index (χ0n) is 14.4. The number of amides is 1. The number of carbonyl (C=O) groups excluding carboxylic acids is 1. The van der Waals surface area contributed by atoms with E-state index in [0.29, 0.717) is 23.0 Å². The number of methoxy groups -OCH3 is 1. The van der Waals surface area contributed by atoms with Gasteiger partial charge in [-0.15, -0.1) is 0 Å². The van der Waals surface area contributed by atoms with Gasteiger partial charge in [0.25, 0.3) is 5.91 Å². The molecule has 1 amide bonds. The summed E-state index contributed by atoms with van der Waals surface area (Å²) in [7, 11) is 3.45. The third kappa shape index (κ3) is 6.16. The van der Waals surface area contributed by atoms with E-state index in [4.69, 9.17) is 16.3 Å². The SMILES string of the molecule is COc1ccc(Cl)cc1C[NH+](C)CC(=O)Nc1ccc(OC(F)F)cc1. The van der Waals surface area contributed by atoms with E-state index < -0.39 is 6.61 Å². The molecule has 2 aromatic carbocycles. The van der Waals surface area contributed by atoms with Crippen molar-refractivity contribution in [2.45, 2.75) is 13.2 Å². The topological polar surface area (TPSA) is 52.0 Å². The number of hydrogen-bond donors (Lipinski definition) is 2. The zero-order valence-corrected chi connectivity index (χ0v) is 15.1. The minimum absolute atomic E-state index is 0.0359. The van der Waals surface area contributed by atoms with Gasteiger partial charge in [0.2, 0.25) is 0 Å². The van der Waals surface area contributed by atoms with E-state index in [1.165, 1.54) is 24.3 Å². The molecule has 0 fully saturated rings. The molecule has 0 heterocycles. The predicted molar refractivity (Wildman–Crippen MR) is 95.2 cm³/mol. The lowest BCUT2D eigenvalue weighted by molar-refractivity contribution is -0.885. The average Bonchev–Trinajstić information content (AvgIpc) is 2.56. The van der Waals surface area contributed by atoms with Gasteiger partial charge in [0.05, 0.1) is 14.2 Å². The molecule has 5 nitrogen and oxygen atoms in total. The van der Waals surface area contributed by atoms with Crippen molar-refractivity contribution < 1.29 is 27.9 Å². The fourth-order valence-corrected chi connectivity index (χ4v) is 2.67. The van der Waals surface area contributed by atoms with Crippen molar-refractivity contribution in [1.29, 1.82) is 0 Å². The maximum Gasteiger partial charge on any atom is 0.387 e. The van der Waals surface area contributed by atoms with Crippen LogP contribution in [0.3, 0.4) is 0 Å². The summed E-state index contributed by atoms with van der Waals surface area (Å²) in [6.45, 7) is -2.11. The predicted octanol–water partition coefficient (Wildman–Crippen LogP) is 2.60. The van der Waals surface area contributed by atoms with Crippen LogP contribution in [0.15, 0.2) is 42.5 Å². The molecule has 0 bridgehead atoms. The molecule has 0 spiro atoms. The van der Waals surface area contributed by atoms with E-state index in [1.54, 1.807) is 19.2 Å². The Bertz CT molecular complexity index is 742. The van der Waals surface area contributed by atoms with Crippen LogP contribution < -0.4 is 19.7 Å². The Labute approximate surface area is 155 Å². The van der Waals surface area contributed by atoms with Gasteiger partial charge in [0.15, 0.2) is 6.54 Å². The van der Waals surface area contributed by atoms with Crippen LogP contribution in [0.25, 0.3) is 0 Å². The second-order valence-electron chi connectivity index (χ2n) is 5.72. The molecule has 2 N–H and O–H groups in total. The monoisotopic (exact) mass is 385 g/mol. The molecular weight excluding hydrogens is 366 g/mol. The normalized spacial score (nSPS) is 11.9. The highest BCUT2D eigenvalue weighted by Crippen LogP contribution is 2.21. The average molecular weight is 386 g/mol. The van der Waals surface area contributed by atoms with Gasteiger partial charge in [-0.2, -0.15) is 8.78 Å². The number of hydrogen-bond acceptors (Lipinski definition) is 3. The third-order valence-electron chi connectivity index (χ3n) is 3.56. The van der Waals surface area contributed by atoms with Crippen molar-refractivity contribution in [2.24, 2.45) is 0 Å². The van der Waals surface area contributed by atoms with Gasteiger partial charge in [-0.3, -0.25) is 4.79 Å². The molecule has 140 valence electrons. The molecule has 2 aromatic rings. The highest BCUT2D eigenvalue weighted by Gasteiger charge is 2.14. The van der Waals surface area contributed by atoms with Crippen LogP contribution in [0.2, 0.25) is 5.02 Å². The quantitative estimate of drug-likeness (QED) is 0.734. The summed E-state index contributed by atoms with van der Waals surface area (Å²) in [6.07, 6.45) is 0. The molecule has 1 atom stereocenters. The van der Waals surface area contributed by atoms with Crippen molar-refractivity contribution in [3.63, 3.8) is 0 Å². The molecular formula is C18H20ClF2N2O3+. The summed E-state index contributed by atoms with van der Waals surface area (Å²) in [5.41, 5.74) is 1.41. The second kappa shape index (κ2) is 9.35. The van der Waals surface area contributed by atoms with E-state index in [0.717, 1.165) is 10.5 Å². The summed E-state index contributed by atoms with van der Waals surface area (Å²) < 4.78 is 33.8. The Hall–Kier alpha value is -2.38. The second-order valence-corrected chi connectivity index (χ2v) is 6.15. The first kappa shape index (κ1) is 19.9. The molecule has 0 saturated heterocycles. The first-order valence-corrected chi connectivity index (χ1v) is 8.23. The van der Waals surface area contributed by atoms with Crippen molar-refractivity contribution in [3.8, 4) is 11.5 Å². The number of likely N-dealkylation sites (N-methyl/N-ethyl adjacent to an activating group) is 1. The molecule has 1 unspecified atom stereocenters. The Kier molecular flexibility index (Phi) is 7.17. The number of quaternary nitrogens is 1. The minimum Gasteiger partial charge on any atom is -0.496 e. The van der Waals surface area contributed by atoms with Crippen molar-refractivity contribution in [3.05, 3.63) is 53.1 Å². The van der Waals surface area contributed by atoms with E-state index in [9.17, 15) is 13.6 Å². The number of benzene rings is 2. The molecule has 0 aliphatic carbocycles. The van der Waals surface area contributed by atoms with Crippen molar-refractivity contribution in [1.82, 2.24) is 0 Å². The Balaban J connectivity index is 1.90. The van der Waals surface area contributed by atoms with E-state index >= 15 is 0 Å². The molecule has 8 heteroatoms. The van der Waals surface area contributed by atoms with Crippen molar-refractivity contribution in [2.75, 3.05) is 26.0 Å². The first-order chi connectivity index (χ1) is 12.4. The Morgan fingerprint density at radius 2 is 1.92 bits per heavy atom. The van der Waals surface area contributed by atoms with Gasteiger partial charge < -0.3 is 19.7 Å². The van der Waals surface area contributed by atoms with Gasteiger partial charge in [-0.05, 0) is 42.5 Å². The van der Waals surface area contributed by atoms with Crippen LogP contribution in [0.1, 0.15) is 5.56 Å². The number of ether oxygens (including phenoxy) is 2. The minimum atomic E-state index is -2.88. The maximum atomic E-state index is 12.2. The molecule has 26 heavy (non-hydrogen) atoms. The van der Waals surface area contributed by atoms with Crippen LogP contribution in [0.4, 0.5) is 14.5 Å². The standard InChI is InChI=1S/C18H19ClF2N2O3/c1-23(10-12-9-13(19)3-8-16(12)25-2)11-17(24)22-14-4-6-15(7-5-14)26-18(20)21/h3-9,18H,10-11H2,1-2H3,(H,22,24)/p+1. The van der Waals surface area contributed by atoms with Crippen LogP contribution in [0.5, 0.6) is 11.5 Å². The van der Waals surface area contributed by atoms with Crippen LogP contribution >= 0.6 is 11.6 Å². The van der Waals surface area contributed by atoms with E-state index in [2.05, 4.69) is 10.1 Å². The number of alkyl halides is 2. The number of halogens is 3. The molecule has 0 saturated carbocycles. The third-order valence-corrected chi connectivity index (χ3v) is 3.80. The fourth-order valence-electron chi connectivity index (χ4n) is 2.47. The van der Waals surface area contributed by atoms with Crippen molar-refractivity contribution >= 4 is 23.2 Å². The van der Waals surface area contributed by atoms with Gasteiger partial charge in [-0.1, -0.05) is 11.6 Å². The summed E-state index contributed by atoms with van der Waals surface area (Å²) >= 11 is 6.01. The summed E-state index contributed by atoms with van der Waals surface area (Å²) in [5.74, 6) is 0.545. The van der Waals surface area contributed by atoms with Gasteiger partial charge in [0, 0.05) is 16.3 Å². The summed E-state index contributed by atoms with van der Waals surface area (Å²) in [5, 5.41) is 3.32. The molecule has 0 radical (unpaired) electrons. The summed E-state index contributed by atoms with van der Waals surface area (Å²) in [4.78, 5) is 13.1. The van der Waals surface area contributed by atoms with Crippen LogP contribution in [0, 0.1) is 0 Å². The number of carbonyl (C=O) groups is 1. The number of nitrogens with one attached hydrogen (secondary N) is 2. The van der Waals surface area contributed by atoms with Crippen LogP contribution in [-0.2, 0) is 11.3 Å². The van der Waals surface area contributed by atoms with Gasteiger partial charge >= 0.3 is 6.61 Å². The smallest absolute Gasteiger partial charge is 0.387 e. The van der Waals surface area contributed by atoms with E-state index in [-0.39, 0.29) is 18.2 Å². The maximum absolute atomic E-state index is 12.2. The van der Waals surface area contributed by atoms with Gasteiger partial charge in [0.1, 0.15) is 18.0 Å². The molecule has 0 aromatic heterocycles. The fraction of sp³-hybridized carbons (Fsp3) is 0.278. The van der Waals surface area contributed by atoms with Gasteiger partial charge in [-0.25, -0.2) is 0 Å². The number of anilines is 1. The Morgan fingerprint density at radius 3 is 2.54 bits per heavy atom. The number of rotatable bonds is 8. The lowest BCUT2D eigenvalue weighted by atomic mass is 10.2. The van der Waals surface area contributed by atoms with Crippen LogP contribution in [-0.4, -0.2) is 33.2 Å². The Morgan fingerprint density at radius 1 is 1.23 bits per heavy atom. The highest BCUT2D eigenvalue weighted by atomic mass is 35.5. The molecule has 2 rings (SSSR count). The summed E-state index contributed by atoms with van der Waals surface area (Å²) in [6, 6.07) is 11.1.